The topological polar surface area (TPSA) is 78.4 Å². The summed E-state index contributed by atoms with van der Waals surface area (Å²) in [5.74, 6) is -1.38. The third-order valence-electron chi connectivity index (χ3n) is 2.69. The molecule has 1 aliphatic carbocycles. The molecule has 1 unspecified atom stereocenters. The molecule has 0 aromatic rings. The van der Waals surface area contributed by atoms with Gasteiger partial charge in [0.05, 0.1) is 5.92 Å². The highest BCUT2D eigenvalue weighted by Crippen LogP contribution is 2.08. The lowest BCUT2D eigenvalue weighted by Crippen LogP contribution is -2.43. The Balaban J connectivity index is 2.21. The number of carbonyl (C=O) groups excluding carboxylic acids is 1. The summed E-state index contributed by atoms with van der Waals surface area (Å²) in [5, 5.41) is 14.2. The van der Waals surface area contributed by atoms with E-state index in [1.165, 1.54) is 0 Å². The van der Waals surface area contributed by atoms with E-state index < -0.39 is 11.9 Å². The summed E-state index contributed by atoms with van der Waals surface area (Å²) in [6, 6.07) is -0.127. The molecule has 16 heavy (non-hydrogen) atoms. The van der Waals surface area contributed by atoms with Crippen molar-refractivity contribution < 1.29 is 14.7 Å². The Kier molecular flexibility index (Phi) is 4.82. The summed E-state index contributed by atoms with van der Waals surface area (Å²) in [5.41, 5.74) is 0. The van der Waals surface area contributed by atoms with Gasteiger partial charge in [0.15, 0.2) is 0 Å². The fourth-order valence-electron chi connectivity index (χ4n) is 1.59. The third kappa shape index (κ3) is 3.92. The molecule has 1 aliphatic rings. The van der Waals surface area contributed by atoms with E-state index in [0.29, 0.717) is 6.42 Å². The van der Waals surface area contributed by atoms with Crippen molar-refractivity contribution in [2.75, 3.05) is 6.54 Å². The number of aliphatic carboxylic acids is 1. The highest BCUT2D eigenvalue weighted by Gasteiger charge is 2.17. The Labute approximate surface area is 94.9 Å². The fourth-order valence-corrected chi connectivity index (χ4v) is 1.59. The molecule has 2 amide bonds. The third-order valence-corrected chi connectivity index (χ3v) is 2.69. The van der Waals surface area contributed by atoms with Crippen LogP contribution in [0.3, 0.4) is 0 Å². The average molecular weight is 226 g/mol. The largest absolute Gasteiger partial charge is 0.481 e. The molecule has 1 rings (SSSR count). The highest BCUT2D eigenvalue weighted by atomic mass is 16.4. The van der Waals surface area contributed by atoms with E-state index >= 15 is 0 Å². The first kappa shape index (κ1) is 12.5. The molecule has 0 aromatic carbocycles. The number of rotatable bonds is 5. The Morgan fingerprint density at radius 2 is 2.06 bits per heavy atom. The first-order valence-electron chi connectivity index (χ1n) is 5.55. The molecule has 0 radical (unpaired) electrons. The van der Waals surface area contributed by atoms with Crippen molar-refractivity contribution in [3.63, 3.8) is 0 Å². The normalized spacial score (nSPS) is 17.1. The lowest BCUT2D eigenvalue weighted by atomic mass is 10.1. The van der Waals surface area contributed by atoms with Crippen molar-refractivity contribution in [1.82, 2.24) is 10.6 Å². The SMILES string of the molecule is CCC(CNC(=O)NC1CC=CC1)C(=O)O. The molecule has 0 fully saturated rings. The minimum Gasteiger partial charge on any atom is -0.481 e. The number of nitrogens with one attached hydrogen (secondary N) is 2. The second-order valence-electron chi connectivity index (χ2n) is 3.94. The Morgan fingerprint density at radius 1 is 1.44 bits per heavy atom. The van der Waals surface area contributed by atoms with Gasteiger partial charge >= 0.3 is 12.0 Å². The maximum absolute atomic E-state index is 11.4. The van der Waals surface area contributed by atoms with Crippen LogP contribution in [0.25, 0.3) is 0 Å². The van der Waals surface area contributed by atoms with Gasteiger partial charge in [-0.25, -0.2) is 4.79 Å². The van der Waals surface area contributed by atoms with Crippen molar-refractivity contribution in [3.8, 4) is 0 Å². The molecular weight excluding hydrogens is 208 g/mol. The summed E-state index contributed by atoms with van der Waals surface area (Å²) in [6.45, 7) is 1.97. The molecule has 3 N–H and O–H groups in total. The van der Waals surface area contributed by atoms with E-state index in [2.05, 4.69) is 10.6 Å². The zero-order chi connectivity index (χ0) is 12.0. The molecular formula is C11H18N2O3. The van der Waals surface area contributed by atoms with Gasteiger partial charge in [0.2, 0.25) is 0 Å². The van der Waals surface area contributed by atoms with E-state index in [0.717, 1.165) is 12.8 Å². The van der Waals surface area contributed by atoms with Gasteiger partial charge in [-0.3, -0.25) is 4.79 Å². The van der Waals surface area contributed by atoms with Crippen LogP contribution < -0.4 is 10.6 Å². The molecule has 0 saturated heterocycles. The lowest BCUT2D eigenvalue weighted by Gasteiger charge is -2.15. The Morgan fingerprint density at radius 3 is 2.56 bits per heavy atom. The Hall–Kier alpha value is -1.52. The first-order valence-corrected chi connectivity index (χ1v) is 5.55. The summed E-state index contributed by atoms with van der Waals surface area (Å²) in [4.78, 5) is 22.1. The number of carbonyl (C=O) groups is 2. The summed E-state index contributed by atoms with van der Waals surface area (Å²) in [6.07, 6.45) is 6.27. The van der Waals surface area contributed by atoms with Gasteiger partial charge in [-0.15, -0.1) is 0 Å². The number of urea groups is 1. The van der Waals surface area contributed by atoms with E-state index in [-0.39, 0.29) is 18.6 Å². The summed E-state index contributed by atoms with van der Waals surface area (Å²) < 4.78 is 0. The van der Waals surface area contributed by atoms with Crippen LogP contribution in [0, 0.1) is 5.92 Å². The van der Waals surface area contributed by atoms with Gasteiger partial charge in [0.25, 0.3) is 0 Å². The van der Waals surface area contributed by atoms with Crippen LogP contribution in [-0.2, 0) is 4.79 Å². The molecule has 1 atom stereocenters. The van der Waals surface area contributed by atoms with E-state index in [1.54, 1.807) is 6.92 Å². The average Bonchev–Trinajstić information content (AvgIpc) is 2.70. The number of hydrogen-bond acceptors (Lipinski definition) is 2. The molecule has 0 spiro atoms. The number of hydrogen-bond donors (Lipinski definition) is 3. The molecule has 0 aromatic heterocycles. The number of carboxylic acids is 1. The number of carboxylic acid groups (broad SMARTS) is 1. The monoisotopic (exact) mass is 226 g/mol. The summed E-state index contributed by atoms with van der Waals surface area (Å²) in [7, 11) is 0. The van der Waals surface area contributed by atoms with Crippen LogP contribution >= 0.6 is 0 Å². The zero-order valence-electron chi connectivity index (χ0n) is 9.40. The maximum Gasteiger partial charge on any atom is 0.315 e. The van der Waals surface area contributed by atoms with Crippen molar-refractivity contribution in [3.05, 3.63) is 12.2 Å². The van der Waals surface area contributed by atoms with E-state index in [1.807, 2.05) is 12.2 Å². The van der Waals surface area contributed by atoms with Crippen molar-refractivity contribution in [2.45, 2.75) is 32.2 Å². The van der Waals surface area contributed by atoms with Crippen LogP contribution in [0.1, 0.15) is 26.2 Å². The van der Waals surface area contributed by atoms with Gasteiger partial charge in [0, 0.05) is 12.6 Å². The summed E-state index contributed by atoms with van der Waals surface area (Å²) >= 11 is 0. The molecule has 5 heteroatoms. The zero-order valence-corrected chi connectivity index (χ0v) is 9.40. The van der Waals surface area contributed by atoms with Crippen LogP contribution in [0.2, 0.25) is 0 Å². The van der Waals surface area contributed by atoms with Gasteiger partial charge < -0.3 is 15.7 Å². The molecule has 0 heterocycles. The van der Waals surface area contributed by atoms with Gasteiger partial charge in [-0.1, -0.05) is 19.1 Å². The molecule has 90 valence electrons. The standard InChI is InChI=1S/C11H18N2O3/c1-2-8(10(14)15)7-12-11(16)13-9-5-3-4-6-9/h3-4,8-9H,2,5-7H2,1H3,(H,14,15)(H2,12,13,16). The lowest BCUT2D eigenvalue weighted by molar-refractivity contribution is -0.141. The van der Waals surface area contributed by atoms with Gasteiger partial charge in [-0.05, 0) is 19.3 Å². The molecule has 0 saturated carbocycles. The van der Waals surface area contributed by atoms with E-state index in [9.17, 15) is 9.59 Å². The fraction of sp³-hybridized carbons (Fsp3) is 0.636. The molecule has 0 aliphatic heterocycles. The second-order valence-corrected chi connectivity index (χ2v) is 3.94. The van der Waals surface area contributed by atoms with Crippen LogP contribution in [0.5, 0.6) is 0 Å². The van der Waals surface area contributed by atoms with Crippen molar-refractivity contribution in [2.24, 2.45) is 5.92 Å². The first-order chi connectivity index (χ1) is 7.63. The minimum absolute atomic E-state index is 0.157. The molecule has 0 bridgehead atoms. The second kappa shape index (κ2) is 6.15. The maximum atomic E-state index is 11.4. The minimum atomic E-state index is -0.870. The smallest absolute Gasteiger partial charge is 0.315 e. The molecule has 5 nitrogen and oxygen atoms in total. The van der Waals surface area contributed by atoms with Gasteiger partial charge in [-0.2, -0.15) is 0 Å². The highest BCUT2D eigenvalue weighted by molar-refractivity contribution is 5.76. The Bertz CT molecular complexity index is 281. The predicted molar refractivity (Wildman–Crippen MR) is 60.1 cm³/mol. The van der Waals surface area contributed by atoms with Crippen LogP contribution in [-0.4, -0.2) is 29.7 Å². The van der Waals surface area contributed by atoms with Crippen molar-refractivity contribution in [1.29, 1.82) is 0 Å². The van der Waals surface area contributed by atoms with Crippen LogP contribution in [0.15, 0.2) is 12.2 Å². The quantitative estimate of drug-likeness (QED) is 0.614. The predicted octanol–water partition coefficient (Wildman–Crippen LogP) is 1.11. The van der Waals surface area contributed by atoms with Crippen molar-refractivity contribution >= 4 is 12.0 Å². The van der Waals surface area contributed by atoms with Crippen LogP contribution in [0.4, 0.5) is 4.79 Å². The number of amides is 2. The van der Waals surface area contributed by atoms with Gasteiger partial charge in [0.1, 0.15) is 0 Å². The van der Waals surface area contributed by atoms with E-state index in [4.69, 9.17) is 5.11 Å².